The molecule has 1 aliphatic heterocycles. The average molecular weight is 398 g/mol. The van der Waals surface area contributed by atoms with Gasteiger partial charge in [-0.25, -0.2) is 0 Å². The van der Waals surface area contributed by atoms with E-state index in [1.807, 2.05) is 19.9 Å². The molecule has 2 aromatic heterocycles. The molecule has 0 saturated carbocycles. The number of thiophene rings is 1. The zero-order valence-electron chi connectivity index (χ0n) is 15.5. The van der Waals surface area contributed by atoms with E-state index >= 15 is 0 Å². The molecule has 2 aromatic rings. The van der Waals surface area contributed by atoms with Crippen LogP contribution in [0.3, 0.4) is 0 Å². The molecule has 7 heteroatoms. The number of carbonyl (C=O) groups is 2. The zero-order valence-corrected chi connectivity index (χ0v) is 17.1. The summed E-state index contributed by atoms with van der Waals surface area (Å²) in [6, 6.07) is 4.44. The third-order valence-corrected chi connectivity index (χ3v) is 7.45. The van der Waals surface area contributed by atoms with Crippen molar-refractivity contribution < 1.29 is 9.59 Å². The molecule has 0 atom stereocenters. The van der Waals surface area contributed by atoms with Gasteiger partial charge < -0.3 is 4.57 Å². The summed E-state index contributed by atoms with van der Waals surface area (Å²) in [4.78, 5) is 26.8. The number of imide groups is 1. The molecule has 1 aliphatic carbocycles. The van der Waals surface area contributed by atoms with Crippen LogP contribution in [-0.2, 0) is 17.6 Å². The van der Waals surface area contributed by atoms with E-state index < -0.39 is 0 Å². The number of hydrogen-bond acceptors (Lipinski definition) is 5. The molecule has 2 amide bonds. The smallest absolute Gasteiger partial charge is 0.293 e. The highest BCUT2D eigenvalue weighted by Crippen LogP contribution is 2.39. The Morgan fingerprint density at radius 3 is 2.63 bits per heavy atom. The lowest BCUT2D eigenvalue weighted by molar-refractivity contribution is -0.121. The van der Waals surface area contributed by atoms with E-state index in [4.69, 9.17) is 0 Å². The van der Waals surface area contributed by atoms with Crippen molar-refractivity contribution in [2.24, 2.45) is 0 Å². The van der Waals surface area contributed by atoms with Crippen molar-refractivity contribution in [3.8, 4) is 11.1 Å². The van der Waals surface area contributed by atoms with Crippen LogP contribution in [0.25, 0.3) is 11.1 Å². The van der Waals surface area contributed by atoms with Crippen LogP contribution in [0, 0.1) is 25.2 Å². The van der Waals surface area contributed by atoms with E-state index in [-0.39, 0.29) is 11.1 Å². The minimum Gasteiger partial charge on any atom is -0.308 e. The average Bonchev–Trinajstić information content (AvgIpc) is 3.23. The number of amides is 2. The van der Waals surface area contributed by atoms with Crippen molar-refractivity contribution in [3.63, 3.8) is 0 Å². The number of hydrogen-bond donors (Lipinski definition) is 0. The topological polar surface area (TPSA) is 66.1 Å². The first kappa shape index (κ1) is 18.1. The Morgan fingerprint density at radius 1 is 1.22 bits per heavy atom. The normalized spacial score (nSPS) is 18.3. The quantitative estimate of drug-likeness (QED) is 0.696. The van der Waals surface area contributed by atoms with E-state index in [0.717, 1.165) is 63.4 Å². The predicted octanol–water partition coefficient (Wildman–Crippen LogP) is 4.57. The Balaban J connectivity index is 1.82. The van der Waals surface area contributed by atoms with Crippen molar-refractivity contribution in [2.75, 3.05) is 7.05 Å². The van der Waals surface area contributed by atoms with Gasteiger partial charge in [0.1, 0.15) is 11.1 Å². The van der Waals surface area contributed by atoms with Crippen molar-refractivity contribution in [2.45, 2.75) is 39.5 Å². The van der Waals surface area contributed by atoms with Crippen LogP contribution in [0.2, 0.25) is 0 Å². The van der Waals surface area contributed by atoms with Crippen molar-refractivity contribution in [1.29, 1.82) is 5.26 Å². The molecule has 4 rings (SSSR count). The molecule has 0 radical (unpaired) electrons. The molecule has 5 nitrogen and oxygen atoms in total. The van der Waals surface area contributed by atoms with Gasteiger partial charge in [-0.15, -0.1) is 11.3 Å². The Bertz CT molecular complexity index is 1050. The van der Waals surface area contributed by atoms with Crippen LogP contribution >= 0.6 is 23.1 Å². The summed E-state index contributed by atoms with van der Waals surface area (Å²) in [5.74, 6) is -0.265. The molecular formula is C20H19N3O2S2. The minimum absolute atomic E-state index is 0.252. The molecule has 0 N–H and O–H groups in total. The fourth-order valence-electron chi connectivity index (χ4n) is 3.76. The van der Waals surface area contributed by atoms with Crippen LogP contribution in [0.15, 0.2) is 11.0 Å². The number of nitriles is 1. The van der Waals surface area contributed by atoms with E-state index in [2.05, 4.69) is 10.6 Å². The highest BCUT2D eigenvalue weighted by molar-refractivity contribution is 8.18. The molecule has 2 aliphatic rings. The number of nitrogens with zero attached hydrogens (tertiary/aromatic N) is 3. The summed E-state index contributed by atoms with van der Waals surface area (Å²) < 4.78 is 2.11. The summed E-state index contributed by atoms with van der Waals surface area (Å²) >= 11 is 2.68. The Labute approximate surface area is 166 Å². The second-order valence-corrected chi connectivity index (χ2v) is 8.98. The van der Waals surface area contributed by atoms with Gasteiger partial charge in [0, 0.05) is 23.3 Å². The van der Waals surface area contributed by atoms with Gasteiger partial charge in [0.25, 0.3) is 11.1 Å². The standard InChI is InChI=1S/C20H19N3O2S2/c1-11-8-13(9-17-18(24)22(3)20(25)27-17)12(2)23(11)19-15(10-21)14-6-4-5-7-16(14)26-19/h8-9H,4-7H2,1-3H3/b17-9+. The number of likely N-dealkylation sites (N-methyl/N-ethyl adjacent to an activating group) is 1. The van der Waals surface area contributed by atoms with Crippen LogP contribution in [0.5, 0.6) is 0 Å². The van der Waals surface area contributed by atoms with Gasteiger partial charge in [0.2, 0.25) is 0 Å². The fourth-order valence-corrected chi connectivity index (χ4v) is 6.03. The summed E-state index contributed by atoms with van der Waals surface area (Å²) in [6.45, 7) is 4.00. The number of aryl methyl sites for hydroxylation is 2. The molecule has 0 spiro atoms. The van der Waals surface area contributed by atoms with Crippen LogP contribution in [-0.4, -0.2) is 27.7 Å². The maximum absolute atomic E-state index is 12.2. The lowest BCUT2D eigenvalue weighted by atomic mass is 9.96. The van der Waals surface area contributed by atoms with Crippen molar-refractivity contribution in [1.82, 2.24) is 9.47 Å². The Kier molecular flexibility index (Phi) is 4.49. The molecular weight excluding hydrogens is 378 g/mol. The van der Waals surface area contributed by atoms with E-state index in [1.165, 1.54) is 23.9 Å². The lowest BCUT2D eigenvalue weighted by Gasteiger charge is -2.10. The predicted molar refractivity (Wildman–Crippen MR) is 108 cm³/mol. The van der Waals surface area contributed by atoms with Gasteiger partial charge in [-0.3, -0.25) is 14.5 Å². The molecule has 27 heavy (non-hydrogen) atoms. The van der Waals surface area contributed by atoms with Gasteiger partial charge >= 0.3 is 0 Å². The highest BCUT2D eigenvalue weighted by Gasteiger charge is 2.32. The van der Waals surface area contributed by atoms with Gasteiger partial charge in [0.05, 0.1) is 10.5 Å². The number of aromatic nitrogens is 1. The molecule has 1 fully saturated rings. The van der Waals surface area contributed by atoms with E-state index in [1.54, 1.807) is 17.4 Å². The summed E-state index contributed by atoms with van der Waals surface area (Å²) in [6.07, 6.45) is 6.13. The van der Waals surface area contributed by atoms with Gasteiger partial charge in [-0.2, -0.15) is 5.26 Å². The largest absolute Gasteiger partial charge is 0.308 e. The van der Waals surface area contributed by atoms with Gasteiger partial charge in [-0.05, 0) is 74.6 Å². The molecule has 0 bridgehead atoms. The number of fused-ring (bicyclic) bond motifs is 1. The summed E-state index contributed by atoms with van der Waals surface area (Å²) in [5, 5.41) is 10.5. The first-order valence-corrected chi connectivity index (χ1v) is 10.5. The molecule has 0 unspecified atom stereocenters. The monoisotopic (exact) mass is 397 g/mol. The molecule has 0 aromatic carbocycles. The first-order chi connectivity index (χ1) is 12.9. The summed E-state index contributed by atoms with van der Waals surface area (Å²) in [7, 11) is 1.50. The van der Waals surface area contributed by atoms with Crippen LogP contribution in [0.4, 0.5) is 4.79 Å². The van der Waals surface area contributed by atoms with Crippen molar-refractivity contribution >= 4 is 40.3 Å². The second-order valence-electron chi connectivity index (χ2n) is 6.91. The van der Waals surface area contributed by atoms with Crippen LogP contribution < -0.4 is 0 Å². The third kappa shape index (κ3) is 2.84. The summed E-state index contributed by atoms with van der Waals surface area (Å²) in [5.41, 5.74) is 4.90. The Morgan fingerprint density at radius 2 is 1.96 bits per heavy atom. The second kappa shape index (κ2) is 6.70. The molecule has 3 heterocycles. The van der Waals surface area contributed by atoms with E-state index in [0.29, 0.717) is 4.91 Å². The number of thioether (sulfide) groups is 1. The SMILES string of the molecule is Cc1cc(/C=C2/SC(=O)N(C)C2=O)c(C)n1-c1sc2c(c1C#N)CCCC2. The lowest BCUT2D eigenvalue weighted by Crippen LogP contribution is -2.22. The maximum Gasteiger partial charge on any atom is 0.293 e. The van der Waals surface area contributed by atoms with Gasteiger partial charge in [0.15, 0.2) is 0 Å². The minimum atomic E-state index is -0.265. The molecule has 138 valence electrons. The first-order valence-electron chi connectivity index (χ1n) is 8.88. The molecule has 1 saturated heterocycles. The zero-order chi connectivity index (χ0) is 19.3. The van der Waals surface area contributed by atoms with E-state index in [9.17, 15) is 14.9 Å². The number of rotatable bonds is 2. The van der Waals surface area contributed by atoms with Crippen LogP contribution in [0.1, 0.15) is 45.8 Å². The maximum atomic E-state index is 12.2. The third-order valence-electron chi connectivity index (χ3n) is 5.21. The Hall–Kier alpha value is -2.30. The highest BCUT2D eigenvalue weighted by atomic mass is 32.2. The fraction of sp³-hybridized carbons (Fsp3) is 0.350. The number of carbonyl (C=O) groups excluding carboxylic acids is 2. The van der Waals surface area contributed by atoms with Gasteiger partial charge in [-0.1, -0.05) is 0 Å². The van der Waals surface area contributed by atoms with Crippen molar-refractivity contribution in [3.05, 3.63) is 43.9 Å².